The van der Waals surface area contributed by atoms with Gasteiger partial charge in [0.15, 0.2) is 0 Å². The molecule has 1 fully saturated rings. The third kappa shape index (κ3) is 4.40. The number of carboxylic acid groups (broad SMARTS) is 1. The fraction of sp³-hybridized carbons (Fsp3) is 0.300. The number of nitrogens with one attached hydrogen (secondary N) is 1. The summed E-state index contributed by atoms with van der Waals surface area (Å²) >= 11 is 0. The lowest BCUT2D eigenvalue weighted by molar-refractivity contribution is -0.120. The molecule has 8 heteroatoms. The Hall–Kier alpha value is -2.71. The number of hydrogen-bond donors (Lipinski definition) is 2. The Morgan fingerprint density at radius 2 is 1.57 bits per heavy atom. The maximum absolute atomic E-state index is 12.7. The van der Waals surface area contributed by atoms with Crippen molar-refractivity contribution in [1.29, 1.82) is 0 Å². The summed E-state index contributed by atoms with van der Waals surface area (Å²) in [5.41, 5.74) is 1.66. The van der Waals surface area contributed by atoms with Gasteiger partial charge in [0.25, 0.3) is 0 Å². The first-order valence-electron chi connectivity index (χ1n) is 8.98. The van der Waals surface area contributed by atoms with E-state index >= 15 is 0 Å². The highest BCUT2D eigenvalue weighted by Gasteiger charge is 2.32. The zero-order valence-corrected chi connectivity index (χ0v) is 16.3. The number of rotatable bonds is 5. The molecule has 0 aliphatic carbocycles. The number of piperidine rings is 1. The van der Waals surface area contributed by atoms with Crippen molar-refractivity contribution in [3.8, 4) is 0 Å². The van der Waals surface area contributed by atoms with Crippen LogP contribution in [0.3, 0.4) is 0 Å². The van der Waals surface area contributed by atoms with E-state index in [2.05, 4.69) is 5.32 Å². The molecule has 0 bridgehead atoms. The second kappa shape index (κ2) is 8.12. The Labute approximate surface area is 164 Å². The standard InChI is InChI=1S/C20H22N2O5S/c1-14-2-8-18(9-3-14)28(26,27)22-12-10-15(11-13-22)19(23)21-17-6-4-16(5-7-17)20(24)25/h2-9,15H,10-13H2,1H3,(H,21,23)(H,24,25). The van der Waals surface area contributed by atoms with Crippen molar-refractivity contribution in [2.45, 2.75) is 24.7 Å². The van der Waals surface area contributed by atoms with Crippen LogP contribution < -0.4 is 5.32 Å². The van der Waals surface area contributed by atoms with Gasteiger partial charge < -0.3 is 10.4 Å². The molecular formula is C20H22N2O5S. The normalized spacial score (nSPS) is 15.9. The highest BCUT2D eigenvalue weighted by molar-refractivity contribution is 7.89. The molecule has 1 heterocycles. The van der Waals surface area contributed by atoms with Crippen LogP contribution in [0.15, 0.2) is 53.4 Å². The molecule has 1 saturated heterocycles. The molecule has 0 unspecified atom stereocenters. The second-order valence-electron chi connectivity index (χ2n) is 6.86. The maximum atomic E-state index is 12.7. The number of carbonyl (C=O) groups is 2. The lowest BCUT2D eigenvalue weighted by Gasteiger charge is -2.30. The summed E-state index contributed by atoms with van der Waals surface area (Å²) in [5.74, 6) is -1.50. The van der Waals surface area contributed by atoms with Crippen molar-refractivity contribution < 1.29 is 23.1 Å². The molecule has 2 aromatic carbocycles. The molecule has 28 heavy (non-hydrogen) atoms. The molecule has 148 valence electrons. The fourth-order valence-electron chi connectivity index (χ4n) is 3.16. The number of anilines is 1. The maximum Gasteiger partial charge on any atom is 0.335 e. The van der Waals surface area contributed by atoms with Crippen molar-refractivity contribution in [3.05, 3.63) is 59.7 Å². The molecule has 2 N–H and O–H groups in total. The summed E-state index contributed by atoms with van der Waals surface area (Å²) in [6.07, 6.45) is 0.869. The largest absolute Gasteiger partial charge is 0.478 e. The molecule has 7 nitrogen and oxygen atoms in total. The van der Waals surface area contributed by atoms with Crippen LogP contribution in [-0.2, 0) is 14.8 Å². The first-order chi connectivity index (χ1) is 13.3. The molecule has 0 radical (unpaired) electrons. The van der Waals surface area contributed by atoms with Gasteiger partial charge in [0.2, 0.25) is 15.9 Å². The quantitative estimate of drug-likeness (QED) is 0.800. The van der Waals surface area contributed by atoms with Crippen molar-refractivity contribution in [1.82, 2.24) is 4.31 Å². The lowest BCUT2D eigenvalue weighted by atomic mass is 9.97. The van der Waals surface area contributed by atoms with Crippen LogP contribution in [0.4, 0.5) is 5.69 Å². The highest BCUT2D eigenvalue weighted by atomic mass is 32.2. The Balaban J connectivity index is 1.59. The minimum atomic E-state index is -3.55. The van der Waals surface area contributed by atoms with Crippen LogP contribution >= 0.6 is 0 Å². The van der Waals surface area contributed by atoms with E-state index in [0.717, 1.165) is 5.56 Å². The third-order valence-corrected chi connectivity index (χ3v) is 6.80. The van der Waals surface area contributed by atoms with Gasteiger partial charge in [-0.3, -0.25) is 4.79 Å². The molecule has 0 aromatic heterocycles. The molecule has 3 rings (SSSR count). The summed E-state index contributed by atoms with van der Waals surface area (Å²) < 4.78 is 26.9. The molecule has 1 aliphatic rings. The van der Waals surface area contributed by atoms with Gasteiger partial charge >= 0.3 is 5.97 Å². The lowest BCUT2D eigenvalue weighted by Crippen LogP contribution is -2.41. The predicted octanol–water partition coefficient (Wildman–Crippen LogP) is 2.73. The molecule has 2 aromatic rings. The zero-order chi connectivity index (χ0) is 20.3. The molecule has 0 saturated carbocycles. The number of hydrogen-bond acceptors (Lipinski definition) is 4. The molecule has 0 spiro atoms. The highest BCUT2D eigenvalue weighted by Crippen LogP contribution is 2.25. The zero-order valence-electron chi connectivity index (χ0n) is 15.5. The summed E-state index contributed by atoms with van der Waals surface area (Å²) in [6.45, 7) is 2.47. The van der Waals surface area contributed by atoms with Crippen molar-refractivity contribution in [3.63, 3.8) is 0 Å². The van der Waals surface area contributed by atoms with Gasteiger partial charge in [-0.05, 0) is 56.2 Å². The summed E-state index contributed by atoms with van der Waals surface area (Å²) in [7, 11) is -3.55. The first kappa shape index (κ1) is 20.0. The average Bonchev–Trinajstić information content (AvgIpc) is 2.69. The average molecular weight is 402 g/mol. The van der Waals surface area contributed by atoms with E-state index in [1.807, 2.05) is 6.92 Å². The van der Waals surface area contributed by atoms with Crippen molar-refractivity contribution >= 4 is 27.6 Å². The molecule has 1 amide bonds. The van der Waals surface area contributed by atoms with E-state index in [4.69, 9.17) is 5.11 Å². The molecule has 1 aliphatic heterocycles. The van der Waals surface area contributed by atoms with Crippen molar-refractivity contribution in [2.24, 2.45) is 5.92 Å². The van der Waals surface area contributed by atoms with Gasteiger partial charge in [0.05, 0.1) is 10.5 Å². The number of aryl methyl sites for hydroxylation is 1. The number of nitrogens with zero attached hydrogens (tertiary/aromatic N) is 1. The van der Waals surface area contributed by atoms with E-state index in [1.54, 1.807) is 36.4 Å². The van der Waals surface area contributed by atoms with Crippen LogP contribution in [0.25, 0.3) is 0 Å². The van der Waals surface area contributed by atoms with E-state index < -0.39 is 16.0 Å². The van der Waals surface area contributed by atoms with Crippen LogP contribution in [0.1, 0.15) is 28.8 Å². The smallest absolute Gasteiger partial charge is 0.335 e. The number of carboxylic acids is 1. The van der Waals surface area contributed by atoms with Crippen LogP contribution in [0, 0.1) is 12.8 Å². The Kier molecular flexibility index (Phi) is 5.81. The predicted molar refractivity (Wildman–Crippen MR) is 105 cm³/mol. The van der Waals surface area contributed by atoms with Gasteiger partial charge in [0.1, 0.15) is 0 Å². The SMILES string of the molecule is Cc1ccc(S(=O)(=O)N2CCC(C(=O)Nc3ccc(C(=O)O)cc3)CC2)cc1. The Bertz CT molecular complexity index is 961. The van der Waals surface area contributed by atoms with E-state index in [-0.39, 0.29) is 35.4 Å². The van der Waals surface area contributed by atoms with E-state index in [1.165, 1.54) is 16.4 Å². The fourth-order valence-corrected chi connectivity index (χ4v) is 4.63. The van der Waals surface area contributed by atoms with Gasteiger partial charge in [-0.25, -0.2) is 13.2 Å². The van der Waals surface area contributed by atoms with Gasteiger partial charge in [0, 0.05) is 24.7 Å². The van der Waals surface area contributed by atoms with Crippen molar-refractivity contribution in [2.75, 3.05) is 18.4 Å². The van der Waals surface area contributed by atoms with Gasteiger partial charge in [-0.1, -0.05) is 17.7 Å². The van der Waals surface area contributed by atoms with E-state index in [9.17, 15) is 18.0 Å². The second-order valence-corrected chi connectivity index (χ2v) is 8.80. The minimum absolute atomic E-state index is 0.146. The monoisotopic (exact) mass is 402 g/mol. The topological polar surface area (TPSA) is 104 Å². The number of carbonyl (C=O) groups excluding carboxylic acids is 1. The summed E-state index contributed by atoms with van der Waals surface area (Å²) in [5, 5.41) is 11.7. The molecular weight excluding hydrogens is 380 g/mol. The van der Waals surface area contributed by atoms with E-state index in [0.29, 0.717) is 18.5 Å². The van der Waals surface area contributed by atoms with Gasteiger partial charge in [-0.2, -0.15) is 4.31 Å². The number of amides is 1. The Morgan fingerprint density at radius 3 is 2.11 bits per heavy atom. The van der Waals surface area contributed by atoms with Gasteiger partial charge in [-0.15, -0.1) is 0 Å². The molecule has 0 atom stereocenters. The number of benzene rings is 2. The number of sulfonamides is 1. The van der Waals surface area contributed by atoms with Crippen LogP contribution in [0.5, 0.6) is 0 Å². The Morgan fingerprint density at radius 1 is 1.00 bits per heavy atom. The number of aromatic carboxylic acids is 1. The summed E-state index contributed by atoms with van der Waals surface area (Å²) in [6, 6.07) is 12.7. The van der Waals surface area contributed by atoms with Crippen LogP contribution in [-0.4, -0.2) is 42.8 Å². The third-order valence-electron chi connectivity index (χ3n) is 4.88. The van der Waals surface area contributed by atoms with Crippen LogP contribution in [0.2, 0.25) is 0 Å². The minimum Gasteiger partial charge on any atom is -0.478 e. The summed E-state index contributed by atoms with van der Waals surface area (Å²) in [4.78, 5) is 23.6. The first-order valence-corrected chi connectivity index (χ1v) is 10.4.